The molecule has 0 saturated carbocycles. The first-order valence-electron chi connectivity index (χ1n) is 9.38. The van der Waals surface area contributed by atoms with E-state index in [2.05, 4.69) is 5.10 Å². The number of rotatable bonds is 5. The van der Waals surface area contributed by atoms with Gasteiger partial charge in [-0.05, 0) is 6.92 Å². The molecule has 2 aromatic carbocycles. The van der Waals surface area contributed by atoms with Crippen LogP contribution in [-0.4, -0.2) is 34.7 Å². The first-order chi connectivity index (χ1) is 13.8. The number of fused-ring (bicyclic) bond motifs is 1. The Kier molecular flexibility index (Phi) is 5.19. The molecule has 0 spiro atoms. The van der Waals surface area contributed by atoms with E-state index < -0.39 is 5.97 Å². The molecule has 0 saturated heterocycles. The van der Waals surface area contributed by atoms with Crippen LogP contribution in [0.4, 0.5) is 5.82 Å². The highest BCUT2D eigenvalue weighted by Crippen LogP contribution is 2.33. The monoisotopic (exact) mass is 375 g/mol. The zero-order chi connectivity index (χ0) is 19.3. The molecule has 0 N–H and O–H groups in total. The van der Waals surface area contributed by atoms with Crippen molar-refractivity contribution in [1.82, 2.24) is 9.78 Å². The minimum absolute atomic E-state index is 0.275. The molecule has 142 valence electrons. The number of carbonyl (C=O) groups is 1. The van der Waals surface area contributed by atoms with Gasteiger partial charge in [-0.15, -0.1) is 5.10 Å². The van der Waals surface area contributed by atoms with Gasteiger partial charge < -0.3 is 9.47 Å². The average Bonchev–Trinajstić information content (AvgIpc) is 3.11. The second kappa shape index (κ2) is 8.08. The van der Waals surface area contributed by atoms with Crippen molar-refractivity contribution in [3.63, 3.8) is 0 Å². The number of aryl methyl sites for hydroxylation is 1. The predicted molar refractivity (Wildman–Crippen MR) is 106 cm³/mol. The predicted octanol–water partition coefficient (Wildman–Crippen LogP) is 4.01. The minimum Gasteiger partial charge on any atom is -0.477 e. The summed E-state index contributed by atoms with van der Waals surface area (Å²) in [5, 5.41) is 4.55. The summed E-state index contributed by atoms with van der Waals surface area (Å²) in [5.41, 5.74) is 2.90. The molecule has 1 aliphatic rings. The van der Waals surface area contributed by atoms with Gasteiger partial charge in [-0.2, -0.15) is 0 Å². The number of hydrogen-bond acceptors (Lipinski definition) is 5. The number of aromatic nitrogens is 2. The fourth-order valence-corrected chi connectivity index (χ4v) is 3.17. The Bertz CT molecular complexity index is 953. The summed E-state index contributed by atoms with van der Waals surface area (Å²) in [6, 6.07) is 19.7. The van der Waals surface area contributed by atoms with Crippen molar-refractivity contribution in [3.05, 3.63) is 77.4 Å². The third-order valence-corrected chi connectivity index (χ3v) is 4.43. The molecule has 2 heterocycles. The number of carbonyl (C=O) groups excluding carboxylic acids is 1. The van der Waals surface area contributed by atoms with Crippen LogP contribution in [0.5, 0.6) is 5.88 Å². The van der Waals surface area contributed by atoms with E-state index in [-0.39, 0.29) is 12.2 Å². The van der Waals surface area contributed by atoms with Crippen LogP contribution >= 0.6 is 0 Å². The molecule has 6 heteroatoms. The van der Waals surface area contributed by atoms with Crippen molar-refractivity contribution < 1.29 is 14.3 Å². The van der Waals surface area contributed by atoms with E-state index in [0.717, 1.165) is 23.3 Å². The molecule has 4 rings (SSSR count). The second-order valence-corrected chi connectivity index (χ2v) is 6.34. The number of aliphatic imine (C=N–C) groups is 1. The van der Waals surface area contributed by atoms with Gasteiger partial charge in [-0.25, -0.2) is 14.5 Å². The lowest BCUT2D eigenvalue weighted by molar-refractivity contribution is 0.0520. The van der Waals surface area contributed by atoms with E-state index in [0.29, 0.717) is 24.8 Å². The highest BCUT2D eigenvalue weighted by atomic mass is 16.5. The molecule has 1 aliphatic heterocycles. The summed E-state index contributed by atoms with van der Waals surface area (Å²) in [5.74, 6) is 0.284. The van der Waals surface area contributed by atoms with E-state index >= 15 is 0 Å². The summed E-state index contributed by atoms with van der Waals surface area (Å²) >= 11 is 0. The third kappa shape index (κ3) is 3.53. The Morgan fingerprint density at radius 1 is 1.11 bits per heavy atom. The lowest BCUT2D eigenvalue weighted by Gasteiger charge is -2.15. The van der Waals surface area contributed by atoms with Crippen molar-refractivity contribution in [2.75, 3.05) is 13.2 Å². The molecule has 0 unspecified atom stereocenters. The Labute approximate surface area is 163 Å². The highest BCUT2D eigenvalue weighted by molar-refractivity contribution is 6.14. The van der Waals surface area contributed by atoms with Gasteiger partial charge in [0.25, 0.3) is 0 Å². The first-order valence-corrected chi connectivity index (χ1v) is 9.38. The highest BCUT2D eigenvalue weighted by Gasteiger charge is 2.29. The standard InChI is InChI=1S/C22H21N3O3/c1-2-27-22(26)18-20(24-25-14-9-15-28-21(18)25)23-19(16-10-5-3-6-11-16)17-12-7-4-8-13-17/h3-8,10-13H,2,9,14-15H2,1H3. The number of esters is 1. The summed E-state index contributed by atoms with van der Waals surface area (Å²) < 4.78 is 12.7. The van der Waals surface area contributed by atoms with Crippen LogP contribution in [0.15, 0.2) is 65.7 Å². The van der Waals surface area contributed by atoms with Gasteiger partial charge >= 0.3 is 5.97 Å². The molecule has 0 fully saturated rings. The van der Waals surface area contributed by atoms with E-state index in [4.69, 9.17) is 14.5 Å². The molecule has 0 amide bonds. The number of nitrogens with zero attached hydrogens (tertiary/aromatic N) is 3. The van der Waals surface area contributed by atoms with Crippen molar-refractivity contribution in [1.29, 1.82) is 0 Å². The van der Waals surface area contributed by atoms with Gasteiger partial charge in [-0.3, -0.25) is 0 Å². The molecule has 0 aliphatic carbocycles. The van der Waals surface area contributed by atoms with Gasteiger partial charge in [0.15, 0.2) is 11.4 Å². The maximum Gasteiger partial charge on any atom is 0.347 e. The molecule has 0 atom stereocenters. The Morgan fingerprint density at radius 3 is 2.36 bits per heavy atom. The van der Waals surface area contributed by atoms with Gasteiger partial charge in [0.1, 0.15) is 0 Å². The summed E-state index contributed by atoms with van der Waals surface area (Å²) in [6.07, 6.45) is 0.838. The van der Waals surface area contributed by atoms with E-state index in [1.54, 1.807) is 11.6 Å². The van der Waals surface area contributed by atoms with Crippen LogP contribution in [-0.2, 0) is 11.3 Å². The van der Waals surface area contributed by atoms with Gasteiger partial charge in [0.05, 0.1) is 18.9 Å². The molecule has 6 nitrogen and oxygen atoms in total. The zero-order valence-electron chi connectivity index (χ0n) is 15.7. The summed E-state index contributed by atoms with van der Waals surface area (Å²) in [6.45, 7) is 3.28. The molecular formula is C22H21N3O3. The lowest BCUT2D eigenvalue weighted by atomic mass is 10.0. The lowest BCUT2D eigenvalue weighted by Crippen LogP contribution is -2.16. The normalized spacial score (nSPS) is 12.6. The first kappa shape index (κ1) is 18.0. The van der Waals surface area contributed by atoms with E-state index in [1.807, 2.05) is 60.7 Å². The molecule has 0 bridgehead atoms. The third-order valence-electron chi connectivity index (χ3n) is 4.43. The van der Waals surface area contributed by atoms with Crippen molar-refractivity contribution >= 4 is 17.5 Å². The summed E-state index contributed by atoms with van der Waals surface area (Å²) in [4.78, 5) is 17.4. The van der Waals surface area contributed by atoms with Crippen molar-refractivity contribution in [3.8, 4) is 5.88 Å². The van der Waals surface area contributed by atoms with E-state index in [1.165, 1.54) is 0 Å². The Balaban J connectivity index is 1.89. The van der Waals surface area contributed by atoms with Gasteiger partial charge in [0.2, 0.25) is 5.88 Å². The molecule has 28 heavy (non-hydrogen) atoms. The fraction of sp³-hybridized carbons (Fsp3) is 0.227. The Hall–Kier alpha value is -3.41. The number of ether oxygens (including phenoxy) is 2. The maximum absolute atomic E-state index is 12.6. The average molecular weight is 375 g/mol. The smallest absolute Gasteiger partial charge is 0.347 e. The number of hydrogen-bond donors (Lipinski definition) is 0. The summed E-state index contributed by atoms with van der Waals surface area (Å²) in [7, 11) is 0. The minimum atomic E-state index is -0.468. The molecule has 1 aromatic heterocycles. The topological polar surface area (TPSA) is 65.7 Å². The van der Waals surface area contributed by atoms with Crippen LogP contribution in [0.3, 0.4) is 0 Å². The zero-order valence-corrected chi connectivity index (χ0v) is 15.7. The van der Waals surface area contributed by atoms with Crippen molar-refractivity contribution in [2.24, 2.45) is 4.99 Å². The Morgan fingerprint density at radius 2 is 1.75 bits per heavy atom. The number of benzene rings is 2. The van der Waals surface area contributed by atoms with Crippen LogP contribution in [0.1, 0.15) is 34.8 Å². The fourth-order valence-electron chi connectivity index (χ4n) is 3.17. The van der Waals surface area contributed by atoms with Crippen molar-refractivity contribution in [2.45, 2.75) is 19.9 Å². The van der Waals surface area contributed by atoms with Gasteiger partial charge in [0, 0.05) is 24.1 Å². The SMILES string of the molecule is CCOC(=O)c1c(N=C(c2ccccc2)c2ccccc2)nn2c1OCCC2. The van der Waals surface area contributed by atoms with Crippen LogP contribution in [0.25, 0.3) is 0 Å². The van der Waals surface area contributed by atoms with Crippen LogP contribution < -0.4 is 4.74 Å². The molecular weight excluding hydrogens is 354 g/mol. The second-order valence-electron chi connectivity index (χ2n) is 6.34. The van der Waals surface area contributed by atoms with Crippen LogP contribution in [0, 0.1) is 0 Å². The van der Waals surface area contributed by atoms with Gasteiger partial charge in [-0.1, -0.05) is 60.7 Å². The van der Waals surface area contributed by atoms with Crippen LogP contribution in [0.2, 0.25) is 0 Å². The van der Waals surface area contributed by atoms with E-state index in [9.17, 15) is 4.79 Å². The molecule has 3 aromatic rings. The quantitative estimate of drug-likeness (QED) is 0.499. The molecule has 0 radical (unpaired) electrons. The maximum atomic E-state index is 12.6. The largest absolute Gasteiger partial charge is 0.477 e.